The van der Waals surface area contributed by atoms with Gasteiger partial charge in [0.2, 0.25) is 21.1 Å². The van der Waals surface area contributed by atoms with Crippen LogP contribution < -0.4 is 24.8 Å². The van der Waals surface area contributed by atoms with Gasteiger partial charge in [-0.2, -0.15) is 0 Å². The Morgan fingerprint density at radius 2 is 1.82 bits per heavy atom. The highest BCUT2D eigenvalue weighted by Crippen LogP contribution is 2.44. The molecule has 2 aromatic rings. The van der Waals surface area contributed by atoms with Crippen LogP contribution in [0.25, 0.3) is 5.70 Å². The van der Waals surface area contributed by atoms with Gasteiger partial charge in [0.1, 0.15) is 5.22 Å². The molecule has 0 spiro atoms. The van der Waals surface area contributed by atoms with Crippen molar-refractivity contribution in [1.29, 1.82) is 0 Å². The largest absolute Gasteiger partial charge is 0.350 e. The smallest absolute Gasteiger partial charge is 0.317 e. The van der Waals surface area contributed by atoms with E-state index in [1.165, 1.54) is 6.26 Å². The fourth-order valence-corrected chi connectivity index (χ4v) is 5.53. The Kier molecular flexibility index (Phi) is 6.66. The van der Waals surface area contributed by atoms with Crippen molar-refractivity contribution in [2.75, 3.05) is 44.8 Å². The number of likely N-dealkylation sites (N-methyl/N-ethyl adjacent to an activating group) is 1. The first-order valence-corrected chi connectivity index (χ1v) is 13.7. The molecule has 1 aliphatic carbocycles. The Morgan fingerprint density at radius 3 is 2.36 bits per heavy atom. The Hall–Kier alpha value is -2.23. The quantitative estimate of drug-likeness (QED) is 0.498. The summed E-state index contributed by atoms with van der Waals surface area (Å²) in [4.78, 5) is 14.8. The molecule has 0 saturated heterocycles. The van der Waals surface area contributed by atoms with Crippen molar-refractivity contribution in [3.05, 3.63) is 57.0 Å². The number of nitrogens with one attached hydrogen (secondary N) is 1. The highest BCUT2D eigenvalue weighted by Gasteiger charge is 2.38. The van der Waals surface area contributed by atoms with E-state index >= 15 is 0 Å². The van der Waals surface area contributed by atoms with E-state index in [0.29, 0.717) is 18.2 Å². The molecule has 1 aliphatic heterocycles. The van der Waals surface area contributed by atoms with Gasteiger partial charge in [0.05, 0.1) is 11.9 Å². The molecule has 0 aromatic heterocycles. The zero-order valence-electron chi connectivity index (χ0n) is 19.4. The van der Waals surface area contributed by atoms with Crippen LogP contribution in [0.4, 0.5) is 11.4 Å². The molecule has 1 N–H and O–H groups in total. The van der Waals surface area contributed by atoms with Gasteiger partial charge in [0.25, 0.3) is 5.70 Å². The fourth-order valence-electron chi connectivity index (χ4n) is 4.29. The highest BCUT2D eigenvalue weighted by molar-refractivity contribution is 9.10. The number of fused-ring (bicyclic) bond motifs is 1. The predicted molar refractivity (Wildman–Crippen MR) is 136 cm³/mol. The lowest BCUT2D eigenvalue weighted by Crippen LogP contribution is -2.54. The van der Waals surface area contributed by atoms with Crippen molar-refractivity contribution >= 4 is 48.9 Å². The maximum atomic E-state index is 12.8. The topological polar surface area (TPSA) is 72.7 Å². The monoisotopic (exact) mass is 533 g/mol. The van der Waals surface area contributed by atoms with Crippen molar-refractivity contribution in [1.82, 2.24) is 14.8 Å². The third kappa shape index (κ3) is 4.85. The molecule has 1 saturated carbocycles. The highest BCUT2D eigenvalue weighted by atomic mass is 79.9. The van der Waals surface area contributed by atoms with E-state index in [1.807, 2.05) is 55.1 Å². The molecule has 2 aliphatic rings. The number of hydrogen-bond acceptors (Lipinski definition) is 4. The zero-order chi connectivity index (χ0) is 23.9. The second-order valence-electron chi connectivity index (χ2n) is 8.93. The molecule has 0 unspecified atom stereocenters. The van der Waals surface area contributed by atoms with Crippen LogP contribution in [-0.2, 0) is 14.8 Å². The van der Waals surface area contributed by atoms with Crippen molar-refractivity contribution < 1.29 is 13.2 Å². The number of carbonyl (C=O) groups excluding carboxylic acids is 1. The lowest BCUT2D eigenvalue weighted by molar-refractivity contribution is -0.115. The third-order valence-electron chi connectivity index (χ3n) is 6.04. The molecule has 9 heteroatoms. The molecule has 33 heavy (non-hydrogen) atoms. The van der Waals surface area contributed by atoms with E-state index in [0.717, 1.165) is 57.8 Å². The van der Waals surface area contributed by atoms with Gasteiger partial charge in [-0.15, -0.1) is 4.58 Å². The number of rotatable bonds is 9. The van der Waals surface area contributed by atoms with Crippen LogP contribution >= 0.6 is 15.9 Å². The molecule has 0 bridgehead atoms. The number of amides is 1. The maximum absolute atomic E-state index is 12.8. The van der Waals surface area contributed by atoms with Crippen molar-refractivity contribution in [3.63, 3.8) is 0 Å². The van der Waals surface area contributed by atoms with Crippen LogP contribution in [0.3, 0.4) is 0 Å². The average molecular weight is 535 g/mol. The second kappa shape index (κ2) is 9.19. The number of hydrogen-bond donors (Lipinski definition) is 1. The Balaban J connectivity index is 1.92. The molecule has 0 radical (unpaired) electrons. The summed E-state index contributed by atoms with van der Waals surface area (Å²) in [6, 6.07) is 11.7. The first kappa shape index (κ1) is 23.9. The average Bonchev–Trinajstić information content (AvgIpc) is 3.57. The summed E-state index contributed by atoms with van der Waals surface area (Å²) < 4.78 is 30.1. The molecule has 1 amide bonds. The summed E-state index contributed by atoms with van der Waals surface area (Å²) in [5.41, 5.74) is 3.19. The van der Waals surface area contributed by atoms with Crippen LogP contribution in [0.2, 0.25) is 0 Å². The fraction of sp³-hybridized carbons (Fsp3) is 0.417. The van der Waals surface area contributed by atoms with Crippen molar-refractivity contribution in [3.8, 4) is 0 Å². The standard InChI is InChI=1S/C24H29BrN4O3S/c1-26-24(30)23-20-14-19(16-6-7-16)21(28(33(4,31)32)13-5-12-27(2)3)15-22(20)29(23)18-10-8-17(25)9-11-18/h8-11,14-16H,5-7,12-13H2,1-4H3/p+1. The summed E-state index contributed by atoms with van der Waals surface area (Å²) in [5.74, 6) is 0.168. The van der Waals surface area contributed by atoms with Crippen LogP contribution in [-0.4, -0.2) is 59.7 Å². The molecule has 4 rings (SSSR count). The molecule has 176 valence electrons. The van der Waals surface area contributed by atoms with Crippen LogP contribution in [0.5, 0.6) is 0 Å². The number of halogens is 1. The van der Waals surface area contributed by atoms with Gasteiger partial charge in [0, 0.05) is 36.3 Å². The molecule has 7 nitrogen and oxygen atoms in total. The van der Waals surface area contributed by atoms with Gasteiger partial charge in [-0.05, 0) is 69.6 Å². The Bertz CT molecular complexity index is 1320. The van der Waals surface area contributed by atoms with Gasteiger partial charge >= 0.3 is 5.91 Å². The van der Waals surface area contributed by atoms with Gasteiger partial charge in [-0.3, -0.25) is 9.10 Å². The Morgan fingerprint density at radius 1 is 1.15 bits per heavy atom. The van der Waals surface area contributed by atoms with Crippen LogP contribution in [0.1, 0.15) is 30.7 Å². The molecular formula is C24H30BrN4O3S+. The summed E-state index contributed by atoms with van der Waals surface area (Å²) >= 11 is 3.46. The normalized spacial score (nSPS) is 15.3. The minimum atomic E-state index is -3.47. The summed E-state index contributed by atoms with van der Waals surface area (Å²) in [6.07, 6.45) is 4.07. The number of nitrogens with zero attached hydrogens (tertiary/aromatic N) is 3. The van der Waals surface area contributed by atoms with Gasteiger partial charge < -0.3 is 10.2 Å². The molecular weight excluding hydrogens is 504 g/mol. The molecule has 2 aromatic carbocycles. The van der Waals surface area contributed by atoms with E-state index in [2.05, 4.69) is 26.1 Å². The number of carbonyl (C=O) groups is 1. The second-order valence-corrected chi connectivity index (χ2v) is 11.8. The number of anilines is 1. The molecule has 1 fully saturated rings. The summed E-state index contributed by atoms with van der Waals surface area (Å²) in [6.45, 7) is 1.22. The van der Waals surface area contributed by atoms with E-state index in [-0.39, 0.29) is 5.91 Å². The predicted octanol–water partition coefficient (Wildman–Crippen LogP) is 1.73. The van der Waals surface area contributed by atoms with Gasteiger partial charge in [0.15, 0.2) is 0 Å². The first-order chi connectivity index (χ1) is 15.6. The van der Waals surface area contributed by atoms with Gasteiger partial charge in [-0.25, -0.2) is 8.42 Å². The zero-order valence-corrected chi connectivity index (χ0v) is 21.8. The van der Waals surface area contributed by atoms with Crippen LogP contribution in [0.15, 0.2) is 40.9 Å². The van der Waals surface area contributed by atoms with Crippen molar-refractivity contribution in [2.24, 2.45) is 0 Å². The van der Waals surface area contributed by atoms with Gasteiger partial charge in [-0.1, -0.05) is 15.9 Å². The van der Waals surface area contributed by atoms with E-state index in [1.54, 1.807) is 11.4 Å². The number of sulfonamides is 1. The summed E-state index contributed by atoms with van der Waals surface area (Å²) in [7, 11) is 2.12. The van der Waals surface area contributed by atoms with E-state index in [9.17, 15) is 13.2 Å². The molecule has 0 atom stereocenters. The van der Waals surface area contributed by atoms with Crippen molar-refractivity contribution in [2.45, 2.75) is 25.2 Å². The maximum Gasteiger partial charge on any atom is 0.317 e. The minimum Gasteiger partial charge on any atom is -0.350 e. The minimum absolute atomic E-state index is 0.161. The van der Waals surface area contributed by atoms with E-state index < -0.39 is 10.0 Å². The first-order valence-electron chi connectivity index (χ1n) is 11.1. The lowest BCUT2D eigenvalue weighted by Gasteiger charge is -2.26. The summed E-state index contributed by atoms with van der Waals surface area (Å²) in [5, 5.41) is 4.45. The Labute approximate surface area is 203 Å². The SMILES string of the molecule is CNC(=O)C1=c2cc(C3CC3)c(N(CCCN(C)C)S(C)(=O)=O)cc2=[N+]1c1ccc(Br)cc1. The lowest BCUT2D eigenvalue weighted by atomic mass is 10.0. The van der Waals surface area contributed by atoms with E-state index in [4.69, 9.17) is 0 Å². The van der Waals surface area contributed by atoms with Crippen LogP contribution in [0, 0.1) is 0 Å². The number of benzene rings is 2. The molecule has 1 heterocycles. The third-order valence-corrected chi connectivity index (χ3v) is 7.75.